The Labute approximate surface area is 160 Å². The zero-order valence-corrected chi connectivity index (χ0v) is 15.5. The summed E-state index contributed by atoms with van der Waals surface area (Å²) in [6.45, 7) is 0.127. The van der Waals surface area contributed by atoms with Crippen LogP contribution in [0.25, 0.3) is 22.4 Å². The van der Waals surface area contributed by atoms with Crippen molar-refractivity contribution in [2.75, 3.05) is 28.1 Å². The van der Waals surface area contributed by atoms with E-state index < -0.39 is 5.97 Å². The van der Waals surface area contributed by atoms with E-state index in [0.29, 0.717) is 45.4 Å². The van der Waals surface area contributed by atoms with Crippen LogP contribution in [-0.2, 0) is 4.74 Å². The molecule has 28 heavy (non-hydrogen) atoms. The van der Waals surface area contributed by atoms with E-state index in [4.69, 9.17) is 28.2 Å². The lowest BCUT2D eigenvalue weighted by Crippen LogP contribution is -2.04. The molecule has 0 unspecified atom stereocenters. The predicted molar refractivity (Wildman–Crippen MR) is 97.9 cm³/mol. The van der Waals surface area contributed by atoms with Gasteiger partial charge in [-0.1, -0.05) is 11.2 Å². The van der Waals surface area contributed by atoms with Gasteiger partial charge in [0.1, 0.15) is 23.3 Å². The standard InChI is InChI=1S/C20H17NO7/c1-23-15-5-4-11(6-13(15)20(22)25-3)14-9-28-21-18(14)12-7-16(24-2)19-17(8-12)26-10-27-19/h4-9H,10H2,1-3H3. The topological polar surface area (TPSA) is 89.3 Å². The Hall–Kier alpha value is -3.68. The van der Waals surface area contributed by atoms with E-state index in [1.807, 2.05) is 6.07 Å². The first kappa shape index (κ1) is 17.7. The number of nitrogens with zero attached hydrogens (tertiary/aromatic N) is 1. The summed E-state index contributed by atoms with van der Waals surface area (Å²) in [6, 6.07) is 8.77. The van der Waals surface area contributed by atoms with Crippen LogP contribution in [0.4, 0.5) is 0 Å². The molecular weight excluding hydrogens is 366 g/mol. The Kier molecular flexibility index (Phi) is 4.52. The van der Waals surface area contributed by atoms with Crippen LogP contribution in [-0.4, -0.2) is 39.2 Å². The van der Waals surface area contributed by atoms with Gasteiger partial charge in [0.25, 0.3) is 0 Å². The molecule has 2 heterocycles. The van der Waals surface area contributed by atoms with Crippen LogP contribution in [0.15, 0.2) is 41.1 Å². The van der Waals surface area contributed by atoms with E-state index in [-0.39, 0.29) is 6.79 Å². The van der Waals surface area contributed by atoms with Crippen LogP contribution < -0.4 is 18.9 Å². The smallest absolute Gasteiger partial charge is 0.341 e. The molecule has 0 fully saturated rings. The summed E-state index contributed by atoms with van der Waals surface area (Å²) in [7, 11) is 4.36. The molecule has 0 bridgehead atoms. The second kappa shape index (κ2) is 7.15. The molecule has 0 radical (unpaired) electrons. The van der Waals surface area contributed by atoms with Gasteiger partial charge in [0.05, 0.1) is 21.3 Å². The molecule has 0 spiro atoms. The molecule has 0 N–H and O–H groups in total. The van der Waals surface area contributed by atoms with Crippen LogP contribution in [0.2, 0.25) is 0 Å². The third-order valence-electron chi connectivity index (χ3n) is 4.42. The second-order valence-electron chi connectivity index (χ2n) is 5.90. The zero-order chi connectivity index (χ0) is 19.7. The molecule has 144 valence electrons. The van der Waals surface area contributed by atoms with Gasteiger partial charge in [-0.15, -0.1) is 0 Å². The lowest BCUT2D eigenvalue weighted by atomic mass is 9.99. The summed E-state index contributed by atoms with van der Waals surface area (Å²) < 4.78 is 31.6. The van der Waals surface area contributed by atoms with Crippen LogP contribution >= 0.6 is 0 Å². The van der Waals surface area contributed by atoms with Crippen molar-refractivity contribution in [2.45, 2.75) is 0 Å². The number of esters is 1. The minimum atomic E-state index is -0.499. The molecule has 1 aliphatic heterocycles. The van der Waals surface area contributed by atoms with Gasteiger partial charge in [-0.3, -0.25) is 0 Å². The summed E-state index contributed by atoms with van der Waals surface area (Å²) in [5.41, 5.74) is 3.00. The first-order valence-corrected chi connectivity index (χ1v) is 8.35. The maximum absolute atomic E-state index is 12.1. The fourth-order valence-electron chi connectivity index (χ4n) is 3.06. The maximum Gasteiger partial charge on any atom is 0.341 e. The van der Waals surface area contributed by atoms with Gasteiger partial charge < -0.3 is 28.2 Å². The minimum absolute atomic E-state index is 0.127. The molecule has 0 atom stereocenters. The number of methoxy groups -OCH3 is 3. The van der Waals surface area contributed by atoms with E-state index in [1.54, 1.807) is 31.4 Å². The molecule has 0 amide bonds. The van der Waals surface area contributed by atoms with Crippen LogP contribution in [0.1, 0.15) is 10.4 Å². The van der Waals surface area contributed by atoms with Crippen molar-refractivity contribution in [2.24, 2.45) is 0 Å². The number of ether oxygens (including phenoxy) is 5. The molecule has 1 aliphatic rings. The summed E-state index contributed by atoms with van der Waals surface area (Å²) in [4.78, 5) is 12.1. The SMILES string of the molecule is COC(=O)c1cc(-c2conc2-c2cc(OC)c3c(c2)OCO3)ccc1OC. The first-order chi connectivity index (χ1) is 13.7. The van der Waals surface area contributed by atoms with Crippen molar-refractivity contribution in [3.8, 4) is 45.4 Å². The van der Waals surface area contributed by atoms with Gasteiger partial charge in [0.2, 0.25) is 12.5 Å². The Morgan fingerprint density at radius 2 is 1.82 bits per heavy atom. The third kappa shape index (κ3) is 2.88. The number of carbonyl (C=O) groups excluding carboxylic acids is 1. The summed E-state index contributed by atoms with van der Waals surface area (Å²) >= 11 is 0. The lowest BCUT2D eigenvalue weighted by Gasteiger charge is -2.10. The van der Waals surface area contributed by atoms with Gasteiger partial charge in [-0.2, -0.15) is 0 Å². The van der Waals surface area contributed by atoms with E-state index in [1.165, 1.54) is 20.5 Å². The molecule has 0 aliphatic carbocycles. The van der Waals surface area contributed by atoms with Crippen molar-refractivity contribution in [1.82, 2.24) is 5.16 Å². The highest BCUT2D eigenvalue weighted by molar-refractivity contribution is 5.95. The van der Waals surface area contributed by atoms with Crippen molar-refractivity contribution >= 4 is 5.97 Å². The Bertz CT molecular complexity index is 1040. The van der Waals surface area contributed by atoms with Crippen LogP contribution in [0.5, 0.6) is 23.0 Å². The number of benzene rings is 2. The average molecular weight is 383 g/mol. The van der Waals surface area contributed by atoms with E-state index >= 15 is 0 Å². The Morgan fingerprint density at radius 1 is 1.00 bits per heavy atom. The molecule has 2 aromatic carbocycles. The average Bonchev–Trinajstić information content (AvgIpc) is 3.41. The molecule has 0 saturated carbocycles. The fourth-order valence-corrected chi connectivity index (χ4v) is 3.06. The number of hydrogen-bond donors (Lipinski definition) is 0. The van der Waals surface area contributed by atoms with Gasteiger partial charge in [0, 0.05) is 11.1 Å². The van der Waals surface area contributed by atoms with Crippen molar-refractivity contribution in [3.63, 3.8) is 0 Å². The highest BCUT2D eigenvalue weighted by atomic mass is 16.7. The monoisotopic (exact) mass is 383 g/mol. The number of fused-ring (bicyclic) bond motifs is 1. The normalized spacial score (nSPS) is 12.0. The lowest BCUT2D eigenvalue weighted by molar-refractivity contribution is 0.0597. The number of rotatable bonds is 5. The van der Waals surface area contributed by atoms with Crippen LogP contribution in [0.3, 0.4) is 0 Å². The summed E-state index contributed by atoms with van der Waals surface area (Å²) in [5, 5.41) is 4.13. The molecule has 0 saturated heterocycles. The van der Waals surface area contributed by atoms with E-state index in [0.717, 1.165) is 5.56 Å². The van der Waals surface area contributed by atoms with Crippen molar-refractivity contribution in [3.05, 3.63) is 42.2 Å². The summed E-state index contributed by atoms with van der Waals surface area (Å²) in [5.74, 6) is 1.56. The van der Waals surface area contributed by atoms with E-state index in [2.05, 4.69) is 5.16 Å². The van der Waals surface area contributed by atoms with Crippen LogP contribution in [0, 0.1) is 0 Å². The van der Waals surface area contributed by atoms with E-state index in [9.17, 15) is 4.79 Å². The Balaban J connectivity index is 1.82. The van der Waals surface area contributed by atoms with Gasteiger partial charge in [-0.25, -0.2) is 4.79 Å². The van der Waals surface area contributed by atoms with Gasteiger partial charge in [-0.05, 0) is 29.8 Å². The molecule has 3 aromatic rings. The predicted octanol–water partition coefficient (Wildman–Crippen LogP) is 3.54. The van der Waals surface area contributed by atoms with Gasteiger partial charge in [0.15, 0.2) is 11.5 Å². The largest absolute Gasteiger partial charge is 0.496 e. The first-order valence-electron chi connectivity index (χ1n) is 8.35. The number of hydrogen-bond acceptors (Lipinski definition) is 8. The Morgan fingerprint density at radius 3 is 2.57 bits per heavy atom. The molecule has 1 aromatic heterocycles. The second-order valence-corrected chi connectivity index (χ2v) is 5.90. The maximum atomic E-state index is 12.1. The third-order valence-corrected chi connectivity index (χ3v) is 4.42. The zero-order valence-electron chi connectivity index (χ0n) is 15.5. The molecule has 8 heteroatoms. The highest BCUT2D eigenvalue weighted by Crippen LogP contribution is 2.45. The fraction of sp³-hybridized carbons (Fsp3) is 0.200. The minimum Gasteiger partial charge on any atom is -0.496 e. The number of aromatic nitrogens is 1. The summed E-state index contributed by atoms with van der Waals surface area (Å²) in [6.07, 6.45) is 1.51. The molecular formula is C20H17NO7. The van der Waals surface area contributed by atoms with Crippen molar-refractivity contribution in [1.29, 1.82) is 0 Å². The molecule has 4 rings (SSSR count). The number of carbonyl (C=O) groups is 1. The van der Waals surface area contributed by atoms with Gasteiger partial charge >= 0.3 is 5.97 Å². The molecule has 8 nitrogen and oxygen atoms in total. The highest BCUT2D eigenvalue weighted by Gasteiger charge is 2.24. The van der Waals surface area contributed by atoms with Crippen molar-refractivity contribution < 1.29 is 33.0 Å². The quantitative estimate of drug-likeness (QED) is 0.618.